The van der Waals surface area contributed by atoms with E-state index >= 15 is 0 Å². The lowest BCUT2D eigenvalue weighted by Crippen LogP contribution is -2.29. The summed E-state index contributed by atoms with van der Waals surface area (Å²) in [6, 6.07) is 7.75. The first-order chi connectivity index (χ1) is 15.7. The number of hydrogen-bond acceptors (Lipinski definition) is 2. The molecule has 0 fully saturated rings. The molecule has 2 nitrogen and oxygen atoms in total. The van der Waals surface area contributed by atoms with E-state index in [-0.39, 0.29) is 23.4 Å². The zero-order valence-electron chi connectivity index (χ0n) is 20.3. The summed E-state index contributed by atoms with van der Waals surface area (Å²) < 4.78 is 0. The van der Waals surface area contributed by atoms with Gasteiger partial charge in [0, 0.05) is 11.1 Å². The van der Waals surface area contributed by atoms with Crippen molar-refractivity contribution in [3.8, 4) is 0 Å². The average Bonchev–Trinajstić information content (AvgIpc) is 2.76. The van der Waals surface area contributed by atoms with Crippen LogP contribution in [0.1, 0.15) is 75.7 Å². The van der Waals surface area contributed by atoms with Crippen molar-refractivity contribution >= 4 is 17.6 Å². The van der Waals surface area contributed by atoms with Crippen molar-refractivity contribution in [3.05, 3.63) is 87.6 Å². The molecule has 0 heterocycles. The fourth-order valence-corrected chi connectivity index (χ4v) is 6.04. The van der Waals surface area contributed by atoms with Crippen molar-refractivity contribution in [2.45, 2.75) is 59.8 Å². The molecular formula is C31H34O2. The Morgan fingerprint density at radius 3 is 2.52 bits per heavy atom. The Balaban J connectivity index is 1.39. The first-order valence-corrected chi connectivity index (χ1v) is 12.4. The second-order valence-corrected chi connectivity index (χ2v) is 11.5. The van der Waals surface area contributed by atoms with Crippen molar-refractivity contribution < 1.29 is 9.59 Å². The molecule has 1 aromatic rings. The minimum Gasteiger partial charge on any atom is -0.293 e. The maximum atomic E-state index is 13.6. The number of allylic oxidation sites excluding steroid dienone is 9. The third-order valence-electron chi connectivity index (χ3n) is 7.50. The molecule has 0 amide bonds. The van der Waals surface area contributed by atoms with Gasteiger partial charge in [-0.3, -0.25) is 9.59 Å². The Hall–Kier alpha value is -2.74. The van der Waals surface area contributed by atoms with Gasteiger partial charge in [-0.2, -0.15) is 0 Å². The monoisotopic (exact) mass is 438 g/mol. The van der Waals surface area contributed by atoms with E-state index in [1.807, 2.05) is 36.4 Å². The average molecular weight is 439 g/mol. The second-order valence-electron chi connectivity index (χ2n) is 11.5. The number of ketones is 2. The predicted octanol–water partition coefficient (Wildman–Crippen LogP) is 7.45. The van der Waals surface area contributed by atoms with Gasteiger partial charge in [0.25, 0.3) is 0 Å². The van der Waals surface area contributed by atoms with Gasteiger partial charge in [-0.15, -0.1) is 0 Å². The molecule has 33 heavy (non-hydrogen) atoms. The van der Waals surface area contributed by atoms with Gasteiger partial charge in [0.1, 0.15) is 0 Å². The molecule has 0 bridgehead atoms. The highest BCUT2D eigenvalue weighted by atomic mass is 16.1. The van der Waals surface area contributed by atoms with Crippen LogP contribution >= 0.6 is 0 Å². The number of Topliss-reactive ketones (excluding diaryl/α,β-unsaturated/α-hetero) is 2. The summed E-state index contributed by atoms with van der Waals surface area (Å²) in [4.78, 5) is 26.7. The molecule has 3 atom stereocenters. The smallest absolute Gasteiger partial charge is 0.174 e. The van der Waals surface area contributed by atoms with Crippen LogP contribution in [0.3, 0.4) is 0 Å². The largest absolute Gasteiger partial charge is 0.293 e. The molecule has 5 rings (SSSR count). The van der Waals surface area contributed by atoms with Gasteiger partial charge in [-0.25, -0.2) is 0 Å². The van der Waals surface area contributed by atoms with E-state index in [1.54, 1.807) is 0 Å². The van der Waals surface area contributed by atoms with Crippen LogP contribution in [0.5, 0.6) is 0 Å². The molecule has 0 aliphatic heterocycles. The maximum absolute atomic E-state index is 13.6. The quantitative estimate of drug-likeness (QED) is 0.458. The fraction of sp³-hybridized carbons (Fsp3) is 0.419. The summed E-state index contributed by atoms with van der Waals surface area (Å²) in [5.41, 5.74) is 7.40. The van der Waals surface area contributed by atoms with E-state index in [0.29, 0.717) is 11.3 Å². The third-order valence-corrected chi connectivity index (χ3v) is 7.50. The molecule has 2 heteroatoms. The number of rotatable bonds is 4. The number of fused-ring (bicyclic) bond motifs is 4. The Morgan fingerprint density at radius 2 is 1.73 bits per heavy atom. The van der Waals surface area contributed by atoms with E-state index < -0.39 is 0 Å². The van der Waals surface area contributed by atoms with Crippen molar-refractivity contribution in [2.24, 2.45) is 23.2 Å². The Labute approximate surface area is 197 Å². The standard InChI is InChI=1S/C31H34O2/c1-19(18-31(2,3)4)9-10-20-11-12-22-15-24-16-27-23(17-28(24)30(33)26(22)13-20)14-21-7-5-6-8-25(21)29(27)32/h5-8,13-17,19,26-27H,9-12,18H2,1-4H3. The Kier molecular flexibility index (Phi) is 5.51. The van der Waals surface area contributed by atoms with Gasteiger partial charge in [0.15, 0.2) is 11.6 Å². The lowest BCUT2D eigenvalue weighted by atomic mass is 9.69. The molecular weight excluding hydrogens is 404 g/mol. The predicted molar refractivity (Wildman–Crippen MR) is 135 cm³/mol. The summed E-state index contributed by atoms with van der Waals surface area (Å²) in [5, 5.41) is 0. The first-order valence-electron chi connectivity index (χ1n) is 12.4. The maximum Gasteiger partial charge on any atom is 0.174 e. The van der Waals surface area contributed by atoms with Gasteiger partial charge in [-0.05, 0) is 72.3 Å². The zero-order valence-corrected chi connectivity index (χ0v) is 20.3. The fourth-order valence-electron chi connectivity index (χ4n) is 6.04. The van der Waals surface area contributed by atoms with E-state index in [2.05, 4.69) is 45.9 Å². The molecule has 0 saturated heterocycles. The topological polar surface area (TPSA) is 34.1 Å². The third kappa shape index (κ3) is 4.28. The molecule has 1 aromatic carbocycles. The Morgan fingerprint density at radius 1 is 0.939 bits per heavy atom. The van der Waals surface area contributed by atoms with Crippen LogP contribution in [0.4, 0.5) is 0 Å². The summed E-state index contributed by atoms with van der Waals surface area (Å²) >= 11 is 0. The highest BCUT2D eigenvalue weighted by molar-refractivity contribution is 6.12. The van der Waals surface area contributed by atoms with Crippen LogP contribution in [-0.2, 0) is 4.79 Å². The molecule has 0 saturated carbocycles. The van der Waals surface area contributed by atoms with Gasteiger partial charge >= 0.3 is 0 Å². The van der Waals surface area contributed by atoms with Crippen LogP contribution < -0.4 is 0 Å². The van der Waals surface area contributed by atoms with Crippen molar-refractivity contribution in [3.63, 3.8) is 0 Å². The molecule has 3 unspecified atom stereocenters. The molecule has 4 aliphatic carbocycles. The molecule has 4 aliphatic rings. The number of carbonyl (C=O) groups excluding carboxylic acids is 2. The molecule has 0 spiro atoms. The minimum absolute atomic E-state index is 0.126. The minimum atomic E-state index is -0.279. The summed E-state index contributed by atoms with van der Waals surface area (Å²) in [7, 11) is 0. The highest BCUT2D eigenvalue weighted by Gasteiger charge is 2.37. The number of carbonyl (C=O) groups is 2. The number of hydrogen-bond donors (Lipinski definition) is 0. The van der Waals surface area contributed by atoms with Crippen LogP contribution in [0.2, 0.25) is 0 Å². The zero-order chi connectivity index (χ0) is 23.3. The van der Waals surface area contributed by atoms with Crippen molar-refractivity contribution in [1.82, 2.24) is 0 Å². The molecule has 0 N–H and O–H groups in total. The molecule has 0 aromatic heterocycles. The SMILES string of the molecule is CC(CCC1=CC2C(=O)C3=CC4=Cc5ccccc5C(=O)C4C=C3C=C2CC1)CC(C)(C)C. The van der Waals surface area contributed by atoms with Crippen molar-refractivity contribution in [1.29, 1.82) is 0 Å². The first kappa shape index (κ1) is 22.1. The van der Waals surface area contributed by atoms with Crippen LogP contribution in [0.15, 0.2) is 76.4 Å². The summed E-state index contributed by atoms with van der Waals surface area (Å²) in [5.74, 6) is 0.618. The van der Waals surface area contributed by atoms with E-state index in [9.17, 15) is 9.59 Å². The van der Waals surface area contributed by atoms with Crippen molar-refractivity contribution in [2.75, 3.05) is 0 Å². The van der Waals surface area contributed by atoms with Gasteiger partial charge in [0.05, 0.1) is 11.8 Å². The Bertz CT molecular complexity index is 1180. The highest BCUT2D eigenvalue weighted by Crippen LogP contribution is 2.44. The van der Waals surface area contributed by atoms with E-state index in [1.165, 1.54) is 24.0 Å². The van der Waals surface area contributed by atoms with E-state index in [4.69, 9.17) is 0 Å². The summed E-state index contributed by atoms with van der Waals surface area (Å²) in [6.45, 7) is 9.28. The second kappa shape index (κ2) is 8.24. The summed E-state index contributed by atoms with van der Waals surface area (Å²) in [6.07, 6.45) is 16.0. The molecule has 0 radical (unpaired) electrons. The van der Waals surface area contributed by atoms with Crippen LogP contribution in [0, 0.1) is 23.2 Å². The normalized spacial score (nSPS) is 24.8. The lowest BCUT2D eigenvalue weighted by Gasteiger charge is -2.33. The lowest BCUT2D eigenvalue weighted by molar-refractivity contribution is -0.117. The number of benzene rings is 1. The van der Waals surface area contributed by atoms with Gasteiger partial charge < -0.3 is 0 Å². The van der Waals surface area contributed by atoms with Crippen LogP contribution in [0.25, 0.3) is 6.08 Å². The van der Waals surface area contributed by atoms with E-state index in [0.717, 1.165) is 47.1 Å². The van der Waals surface area contributed by atoms with Crippen LogP contribution in [-0.4, -0.2) is 11.6 Å². The molecule has 170 valence electrons. The van der Waals surface area contributed by atoms with Gasteiger partial charge in [0.2, 0.25) is 0 Å². The van der Waals surface area contributed by atoms with Gasteiger partial charge in [-0.1, -0.05) is 81.3 Å².